The molecule has 0 fully saturated rings. The van der Waals surface area contributed by atoms with Crippen LogP contribution in [-0.2, 0) is 0 Å². The average Bonchev–Trinajstić information content (AvgIpc) is 2.53. The first-order valence-corrected chi connectivity index (χ1v) is 8.32. The van der Waals surface area contributed by atoms with Gasteiger partial charge in [0.25, 0.3) is 5.91 Å². The highest BCUT2D eigenvalue weighted by atomic mass is 16.1. The minimum absolute atomic E-state index is 0.206. The van der Waals surface area contributed by atoms with Crippen LogP contribution in [0.5, 0.6) is 0 Å². The van der Waals surface area contributed by atoms with Crippen LogP contribution in [0.1, 0.15) is 47.8 Å². The second kappa shape index (κ2) is 7.36. The van der Waals surface area contributed by atoms with Crippen molar-refractivity contribution in [2.24, 2.45) is 5.41 Å². The van der Waals surface area contributed by atoms with E-state index in [9.17, 15) is 10.1 Å². The molecule has 0 unspecified atom stereocenters. The maximum absolute atomic E-state index is 12.6. The van der Waals surface area contributed by atoms with Gasteiger partial charge >= 0.3 is 0 Å². The number of carbonyl (C=O) groups is 1. The molecule has 0 aliphatic heterocycles. The number of nitriles is 1. The maximum Gasteiger partial charge on any atom is 0.255 e. The summed E-state index contributed by atoms with van der Waals surface area (Å²) in [4.78, 5) is 12.6. The van der Waals surface area contributed by atoms with Gasteiger partial charge in [-0.25, -0.2) is 0 Å². The number of aryl methyl sites for hydroxylation is 2. The summed E-state index contributed by atoms with van der Waals surface area (Å²) < 4.78 is 0. The molecule has 0 heterocycles. The van der Waals surface area contributed by atoms with Gasteiger partial charge in [0, 0.05) is 16.7 Å². The van der Waals surface area contributed by atoms with Gasteiger partial charge in [0.1, 0.15) is 6.07 Å². The lowest BCUT2D eigenvalue weighted by Crippen LogP contribution is -2.31. The fourth-order valence-electron chi connectivity index (χ4n) is 2.78. The van der Waals surface area contributed by atoms with Crippen LogP contribution in [0.15, 0.2) is 54.2 Å². The van der Waals surface area contributed by atoms with Gasteiger partial charge < -0.3 is 5.32 Å². The summed E-state index contributed by atoms with van der Waals surface area (Å²) in [7, 11) is 0. The molecule has 2 aromatic carbocycles. The second-order valence-electron chi connectivity index (χ2n) is 7.31. The summed E-state index contributed by atoms with van der Waals surface area (Å²) in [5.74, 6) is -0.206. The minimum atomic E-state index is -0.382. The molecule has 25 heavy (non-hydrogen) atoms. The number of carbonyl (C=O) groups excluding carboxylic acids is 1. The van der Waals surface area contributed by atoms with E-state index in [2.05, 4.69) is 17.5 Å². The molecule has 0 aliphatic carbocycles. The Kier molecular flexibility index (Phi) is 5.44. The van der Waals surface area contributed by atoms with Gasteiger partial charge in [-0.15, -0.1) is 0 Å². The first kappa shape index (κ1) is 18.5. The summed E-state index contributed by atoms with van der Waals surface area (Å²) in [5.41, 5.74) is 4.33. The van der Waals surface area contributed by atoms with Crippen LogP contribution in [0, 0.1) is 30.6 Å². The lowest BCUT2D eigenvalue weighted by atomic mass is 9.86. The van der Waals surface area contributed by atoms with E-state index in [0.29, 0.717) is 16.8 Å². The maximum atomic E-state index is 12.6. The summed E-state index contributed by atoms with van der Waals surface area (Å²) >= 11 is 0. The highest BCUT2D eigenvalue weighted by molar-refractivity contribution is 5.97. The van der Waals surface area contributed by atoms with Crippen molar-refractivity contribution in [1.29, 1.82) is 5.26 Å². The van der Waals surface area contributed by atoms with Crippen LogP contribution in [0.2, 0.25) is 0 Å². The van der Waals surface area contributed by atoms with E-state index in [1.54, 1.807) is 12.1 Å². The molecule has 1 amide bonds. The third-order valence-corrected chi connectivity index (χ3v) is 3.90. The fraction of sp³-hybridized carbons (Fsp3) is 0.273. The van der Waals surface area contributed by atoms with E-state index in [1.165, 1.54) is 0 Å². The smallest absolute Gasteiger partial charge is 0.255 e. The van der Waals surface area contributed by atoms with Crippen LogP contribution < -0.4 is 5.32 Å². The minimum Gasteiger partial charge on any atom is -0.324 e. The summed E-state index contributed by atoms with van der Waals surface area (Å²) in [6.45, 7) is 9.99. The number of nitrogens with zero attached hydrogens (tertiary/aromatic N) is 1. The zero-order chi connectivity index (χ0) is 18.6. The van der Waals surface area contributed by atoms with Crippen molar-refractivity contribution in [3.63, 3.8) is 0 Å². The fourth-order valence-corrected chi connectivity index (χ4v) is 2.78. The predicted octanol–water partition coefficient (Wildman–Crippen LogP) is 5.01. The first-order chi connectivity index (χ1) is 11.7. The monoisotopic (exact) mass is 332 g/mol. The molecule has 0 saturated heterocycles. The number of allylic oxidation sites excluding steroid dienone is 2. The Bertz CT molecular complexity index is 830. The molecule has 0 bridgehead atoms. The molecule has 0 atom stereocenters. The molecular weight excluding hydrogens is 308 g/mol. The highest BCUT2D eigenvalue weighted by Gasteiger charge is 2.25. The molecule has 0 aromatic heterocycles. The van der Waals surface area contributed by atoms with E-state index in [4.69, 9.17) is 0 Å². The van der Waals surface area contributed by atoms with Crippen LogP contribution in [-0.4, -0.2) is 5.91 Å². The molecule has 0 aliphatic rings. The Morgan fingerprint density at radius 3 is 2.00 bits per heavy atom. The van der Waals surface area contributed by atoms with Gasteiger partial charge in [-0.3, -0.25) is 4.79 Å². The summed E-state index contributed by atoms with van der Waals surface area (Å²) in [6, 6.07) is 17.4. The number of hydrogen-bond acceptors (Lipinski definition) is 2. The van der Waals surface area contributed by atoms with Crippen molar-refractivity contribution in [3.05, 3.63) is 76.5 Å². The Balaban J connectivity index is 2.56. The van der Waals surface area contributed by atoms with Crippen LogP contribution in [0.25, 0.3) is 5.57 Å². The van der Waals surface area contributed by atoms with Gasteiger partial charge in [-0.2, -0.15) is 5.26 Å². The lowest BCUT2D eigenvalue weighted by Gasteiger charge is -2.26. The first-order valence-electron chi connectivity index (χ1n) is 8.32. The van der Waals surface area contributed by atoms with Crippen molar-refractivity contribution in [2.45, 2.75) is 34.6 Å². The van der Waals surface area contributed by atoms with Crippen LogP contribution >= 0.6 is 0 Å². The van der Waals surface area contributed by atoms with Crippen LogP contribution in [0.4, 0.5) is 0 Å². The normalized spacial score (nSPS) is 12.2. The molecule has 0 saturated carbocycles. The van der Waals surface area contributed by atoms with Crippen molar-refractivity contribution in [3.8, 4) is 6.07 Å². The Hall–Kier alpha value is -2.86. The van der Waals surface area contributed by atoms with Crippen molar-refractivity contribution >= 4 is 11.5 Å². The Morgan fingerprint density at radius 2 is 1.52 bits per heavy atom. The SMILES string of the molecule is Cc1cc(C)cc(C(C#N)=C(NC(=O)c2ccccc2)C(C)(C)C)c1. The van der Waals surface area contributed by atoms with Gasteiger partial charge in [0.05, 0.1) is 5.57 Å². The summed E-state index contributed by atoms with van der Waals surface area (Å²) in [6.07, 6.45) is 0. The van der Waals surface area contributed by atoms with Gasteiger partial charge in [-0.1, -0.05) is 68.3 Å². The lowest BCUT2D eigenvalue weighted by molar-refractivity contribution is 0.0958. The molecule has 1 N–H and O–H groups in total. The van der Waals surface area contributed by atoms with Gasteiger partial charge in [-0.05, 0) is 31.5 Å². The van der Waals surface area contributed by atoms with Crippen LogP contribution in [0.3, 0.4) is 0 Å². The van der Waals surface area contributed by atoms with E-state index in [-0.39, 0.29) is 11.3 Å². The largest absolute Gasteiger partial charge is 0.324 e. The number of hydrogen-bond donors (Lipinski definition) is 1. The van der Waals surface area contributed by atoms with Gasteiger partial charge in [0.15, 0.2) is 0 Å². The quantitative estimate of drug-likeness (QED) is 0.803. The zero-order valence-electron chi connectivity index (χ0n) is 15.5. The summed E-state index contributed by atoms with van der Waals surface area (Å²) in [5, 5.41) is 12.8. The topological polar surface area (TPSA) is 52.9 Å². The third kappa shape index (κ3) is 4.58. The van der Waals surface area contributed by atoms with E-state index in [1.807, 2.05) is 65.0 Å². The number of benzene rings is 2. The standard InChI is InChI=1S/C22H24N2O/c1-15-11-16(2)13-18(12-15)19(14-23)20(22(3,4)5)24-21(25)17-9-7-6-8-10-17/h6-13H,1-5H3,(H,24,25). The number of amides is 1. The zero-order valence-corrected chi connectivity index (χ0v) is 15.5. The molecule has 2 rings (SSSR count). The molecule has 2 aromatic rings. The van der Waals surface area contributed by atoms with E-state index < -0.39 is 0 Å². The molecule has 3 nitrogen and oxygen atoms in total. The van der Waals surface area contributed by atoms with Crippen molar-refractivity contribution in [1.82, 2.24) is 5.32 Å². The highest BCUT2D eigenvalue weighted by Crippen LogP contribution is 2.31. The Labute approximate surface area is 150 Å². The van der Waals surface area contributed by atoms with Gasteiger partial charge in [0.2, 0.25) is 0 Å². The predicted molar refractivity (Wildman–Crippen MR) is 102 cm³/mol. The molecule has 3 heteroatoms. The molecule has 128 valence electrons. The van der Waals surface area contributed by atoms with E-state index in [0.717, 1.165) is 16.7 Å². The second-order valence-corrected chi connectivity index (χ2v) is 7.31. The van der Waals surface area contributed by atoms with Crippen molar-refractivity contribution < 1.29 is 4.79 Å². The molecular formula is C22H24N2O. The molecule has 0 radical (unpaired) electrons. The van der Waals surface area contributed by atoms with Crippen molar-refractivity contribution in [2.75, 3.05) is 0 Å². The third-order valence-electron chi connectivity index (χ3n) is 3.90. The number of nitrogens with one attached hydrogen (secondary N) is 1. The average molecular weight is 332 g/mol. The number of rotatable bonds is 3. The molecule has 0 spiro atoms. The Morgan fingerprint density at radius 1 is 0.960 bits per heavy atom. The van der Waals surface area contributed by atoms with E-state index >= 15 is 0 Å².